The average Bonchev–Trinajstić information content (AvgIpc) is 3.26. The Morgan fingerprint density at radius 2 is 1.69 bits per heavy atom. The number of fused-ring (bicyclic) bond motifs is 1. The van der Waals surface area contributed by atoms with E-state index in [0.29, 0.717) is 17.2 Å². The van der Waals surface area contributed by atoms with Gasteiger partial charge in [-0.2, -0.15) is 0 Å². The van der Waals surface area contributed by atoms with Crippen molar-refractivity contribution in [2.45, 2.75) is 13.8 Å². The topological polar surface area (TPSA) is 62.3 Å². The zero-order valence-corrected chi connectivity index (χ0v) is 18.9. The number of anilines is 1. The van der Waals surface area contributed by atoms with Crippen molar-refractivity contribution in [3.8, 4) is 11.3 Å². The van der Waals surface area contributed by atoms with Gasteiger partial charge in [0, 0.05) is 23.1 Å². The van der Waals surface area contributed by atoms with Gasteiger partial charge in [-0.15, -0.1) is 11.3 Å². The van der Waals surface area contributed by atoms with Crippen LogP contribution in [0.15, 0.2) is 78.2 Å². The van der Waals surface area contributed by atoms with Crippen molar-refractivity contribution >= 4 is 39.1 Å². The van der Waals surface area contributed by atoms with E-state index in [1.54, 1.807) is 4.90 Å². The Bertz CT molecular complexity index is 1230. The lowest BCUT2D eigenvalue weighted by Gasteiger charge is -2.24. The van der Waals surface area contributed by atoms with Gasteiger partial charge in [-0.25, -0.2) is 4.98 Å². The highest BCUT2D eigenvalue weighted by Gasteiger charge is 2.22. The summed E-state index contributed by atoms with van der Waals surface area (Å²) in [5.74, 6) is -0.172. The molecule has 0 saturated carbocycles. The van der Waals surface area contributed by atoms with Gasteiger partial charge in [-0.1, -0.05) is 80.6 Å². The van der Waals surface area contributed by atoms with Crippen LogP contribution < -0.4 is 5.32 Å². The third kappa shape index (κ3) is 5.03. The molecule has 3 aromatic carbocycles. The lowest BCUT2D eigenvalue weighted by Crippen LogP contribution is -2.40. The SMILES string of the molecule is CC(C)CN(CC(=O)Nc1nc(-c2ccccc2)cs1)C(=O)c1cccc2ccccc12. The Labute approximate surface area is 191 Å². The summed E-state index contributed by atoms with van der Waals surface area (Å²) < 4.78 is 0. The first kappa shape index (κ1) is 21.7. The number of rotatable bonds is 7. The molecule has 32 heavy (non-hydrogen) atoms. The van der Waals surface area contributed by atoms with Crippen LogP contribution in [0.4, 0.5) is 5.13 Å². The molecule has 6 heteroatoms. The highest BCUT2D eigenvalue weighted by Crippen LogP contribution is 2.25. The summed E-state index contributed by atoms with van der Waals surface area (Å²) in [7, 11) is 0. The Hall–Kier alpha value is -3.51. The molecule has 0 aliphatic carbocycles. The molecular formula is C26H25N3O2S. The summed E-state index contributed by atoms with van der Waals surface area (Å²) in [5.41, 5.74) is 2.42. The largest absolute Gasteiger partial charge is 0.329 e. The van der Waals surface area contributed by atoms with Crippen LogP contribution in [-0.4, -0.2) is 34.8 Å². The molecule has 0 aliphatic rings. The molecule has 162 valence electrons. The van der Waals surface area contributed by atoms with Crippen LogP contribution in [0.1, 0.15) is 24.2 Å². The van der Waals surface area contributed by atoms with E-state index in [0.717, 1.165) is 22.0 Å². The first-order chi connectivity index (χ1) is 15.5. The highest BCUT2D eigenvalue weighted by atomic mass is 32.1. The highest BCUT2D eigenvalue weighted by molar-refractivity contribution is 7.14. The summed E-state index contributed by atoms with van der Waals surface area (Å²) in [5, 5.41) is 7.19. The van der Waals surface area contributed by atoms with E-state index in [1.807, 2.05) is 92.0 Å². The first-order valence-corrected chi connectivity index (χ1v) is 11.5. The van der Waals surface area contributed by atoms with Gasteiger partial charge in [0.2, 0.25) is 5.91 Å². The molecule has 0 bridgehead atoms. The number of thiazole rings is 1. The fourth-order valence-electron chi connectivity index (χ4n) is 3.65. The van der Waals surface area contributed by atoms with Crippen molar-refractivity contribution in [2.24, 2.45) is 5.92 Å². The maximum Gasteiger partial charge on any atom is 0.254 e. The first-order valence-electron chi connectivity index (χ1n) is 10.6. The lowest BCUT2D eigenvalue weighted by atomic mass is 10.0. The maximum absolute atomic E-state index is 13.4. The van der Waals surface area contributed by atoms with Crippen LogP contribution in [0.2, 0.25) is 0 Å². The quantitative estimate of drug-likeness (QED) is 0.398. The molecule has 0 atom stereocenters. The van der Waals surface area contributed by atoms with Crippen LogP contribution in [0.25, 0.3) is 22.0 Å². The zero-order valence-electron chi connectivity index (χ0n) is 18.1. The number of benzene rings is 3. The number of carbonyl (C=O) groups excluding carboxylic acids is 2. The fraction of sp³-hybridized carbons (Fsp3) is 0.192. The summed E-state index contributed by atoms with van der Waals surface area (Å²) in [6.45, 7) is 4.53. The Kier molecular flexibility index (Phi) is 6.61. The number of nitrogens with one attached hydrogen (secondary N) is 1. The predicted octanol–water partition coefficient (Wildman–Crippen LogP) is 5.70. The van der Waals surface area contributed by atoms with Gasteiger partial charge in [-0.3, -0.25) is 9.59 Å². The van der Waals surface area contributed by atoms with Gasteiger partial charge in [0.15, 0.2) is 5.13 Å². The van der Waals surface area contributed by atoms with E-state index in [4.69, 9.17) is 0 Å². The second-order valence-corrected chi connectivity index (χ2v) is 8.92. The van der Waals surface area contributed by atoms with Crippen molar-refractivity contribution in [3.63, 3.8) is 0 Å². The normalized spacial score (nSPS) is 11.0. The molecule has 5 nitrogen and oxygen atoms in total. The van der Waals surface area contributed by atoms with Gasteiger partial charge >= 0.3 is 0 Å². The molecule has 0 spiro atoms. The van der Waals surface area contributed by atoms with E-state index in [1.165, 1.54) is 11.3 Å². The van der Waals surface area contributed by atoms with Crippen molar-refractivity contribution < 1.29 is 9.59 Å². The smallest absolute Gasteiger partial charge is 0.254 e. The molecule has 0 fully saturated rings. The van der Waals surface area contributed by atoms with Gasteiger partial charge < -0.3 is 10.2 Å². The van der Waals surface area contributed by atoms with Crippen molar-refractivity contribution in [3.05, 3.63) is 83.7 Å². The molecule has 0 saturated heterocycles. The number of amides is 2. The predicted molar refractivity (Wildman–Crippen MR) is 131 cm³/mol. The maximum atomic E-state index is 13.4. The molecule has 0 aliphatic heterocycles. The monoisotopic (exact) mass is 443 g/mol. The van der Waals surface area contributed by atoms with E-state index in [9.17, 15) is 9.59 Å². The minimum Gasteiger partial charge on any atom is -0.329 e. The van der Waals surface area contributed by atoms with Gasteiger partial charge in [0.1, 0.15) is 6.54 Å². The number of carbonyl (C=O) groups is 2. The number of aromatic nitrogens is 1. The van der Waals surface area contributed by atoms with Gasteiger partial charge in [0.25, 0.3) is 5.91 Å². The van der Waals surface area contributed by atoms with E-state index in [-0.39, 0.29) is 24.3 Å². The third-order valence-corrected chi connectivity index (χ3v) is 5.81. The molecular weight excluding hydrogens is 418 g/mol. The van der Waals surface area contributed by atoms with Gasteiger partial charge in [-0.05, 0) is 22.8 Å². The van der Waals surface area contributed by atoms with Crippen molar-refractivity contribution in [1.82, 2.24) is 9.88 Å². The van der Waals surface area contributed by atoms with Crippen molar-refractivity contribution in [2.75, 3.05) is 18.4 Å². The zero-order chi connectivity index (χ0) is 22.5. The van der Waals surface area contributed by atoms with E-state index < -0.39 is 0 Å². The number of hydrogen-bond donors (Lipinski definition) is 1. The lowest BCUT2D eigenvalue weighted by molar-refractivity contribution is -0.117. The summed E-state index contributed by atoms with van der Waals surface area (Å²) in [6.07, 6.45) is 0. The van der Waals surface area contributed by atoms with E-state index >= 15 is 0 Å². The fourth-order valence-corrected chi connectivity index (χ4v) is 4.38. The molecule has 2 amide bonds. The van der Waals surface area contributed by atoms with Crippen LogP contribution >= 0.6 is 11.3 Å². The van der Waals surface area contributed by atoms with Crippen molar-refractivity contribution in [1.29, 1.82) is 0 Å². The van der Waals surface area contributed by atoms with Gasteiger partial charge in [0.05, 0.1) is 5.69 Å². The molecule has 1 N–H and O–H groups in total. The molecule has 0 radical (unpaired) electrons. The second kappa shape index (κ2) is 9.75. The summed E-state index contributed by atoms with van der Waals surface area (Å²) in [6, 6.07) is 23.3. The van der Waals surface area contributed by atoms with Crippen LogP contribution in [0, 0.1) is 5.92 Å². The minimum absolute atomic E-state index is 0.0273. The minimum atomic E-state index is -0.256. The molecule has 1 aromatic heterocycles. The van der Waals surface area contributed by atoms with Crippen LogP contribution in [0.3, 0.4) is 0 Å². The van der Waals surface area contributed by atoms with Crippen LogP contribution in [-0.2, 0) is 4.79 Å². The average molecular weight is 444 g/mol. The summed E-state index contributed by atoms with van der Waals surface area (Å²) >= 11 is 1.37. The molecule has 4 aromatic rings. The third-order valence-electron chi connectivity index (χ3n) is 5.05. The van der Waals surface area contributed by atoms with E-state index in [2.05, 4.69) is 10.3 Å². The number of hydrogen-bond acceptors (Lipinski definition) is 4. The molecule has 1 heterocycles. The second-order valence-electron chi connectivity index (χ2n) is 8.06. The molecule has 4 rings (SSSR count). The van der Waals surface area contributed by atoms with Crippen LogP contribution in [0.5, 0.6) is 0 Å². The Balaban J connectivity index is 1.51. The number of nitrogens with zero attached hydrogens (tertiary/aromatic N) is 2. The Morgan fingerprint density at radius 3 is 2.47 bits per heavy atom. The standard InChI is InChI=1S/C26H25N3O2S/c1-18(2)15-29(25(31)22-14-8-12-19-9-6-7-13-21(19)22)16-24(30)28-26-27-23(17-32-26)20-10-4-3-5-11-20/h3-14,17-18H,15-16H2,1-2H3,(H,27,28,30). The molecule has 0 unspecified atom stereocenters. The Morgan fingerprint density at radius 1 is 0.969 bits per heavy atom. The summed E-state index contributed by atoms with van der Waals surface area (Å²) in [4.78, 5) is 32.3.